The highest BCUT2D eigenvalue weighted by atomic mass is 16.2. The summed E-state index contributed by atoms with van der Waals surface area (Å²) in [6, 6.07) is 0. The molecule has 0 aromatic heterocycles. The third kappa shape index (κ3) is 5.16. The number of hydrogen-bond donors (Lipinski definition) is 0. The fraction of sp³-hybridized carbons (Fsp3) is 0.941. The van der Waals surface area contributed by atoms with Gasteiger partial charge in [-0.1, -0.05) is 41.0 Å². The van der Waals surface area contributed by atoms with Crippen LogP contribution in [0, 0.1) is 23.7 Å². The van der Waals surface area contributed by atoms with Crippen LogP contribution in [0.1, 0.15) is 66.7 Å². The number of rotatable bonds is 5. The fourth-order valence-electron chi connectivity index (χ4n) is 2.92. The highest BCUT2D eigenvalue weighted by Gasteiger charge is 2.26. The van der Waals surface area contributed by atoms with Crippen LogP contribution in [0.15, 0.2) is 0 Å². The number of likely N-dealkylation sites (tertiary alicyclic amines) is 1. The van der Waals surface area contributed by atoms with Crippen molar-refractivity contribution in [2.75, 3.05) is 13.1 Å². The van der Waals surface area contributed by atoms with Gasteiger partial charge in [0.1, 0.15) is 0 Å². The van der Waals surface area contributed by atoms with Gasteiger partial charge >= 0.3 is 0 Å². The van der Waals surface area contributed by atoms with Crippen LogP contribution in [-0.4, -0.2) is 23.9 Å². The van der Waals surface area contributed by atoms with E-state index in [1.165, 1.54) is 19.3 Å². The van der Waals surface area contributed by atoms with Gasteiger partial charge in [-0.05, 0) is 43.4 Å². The molecular weight excluding hydrogens is 234 g/mol. The van der Waals surface area contributed by atoms with Crippen molar-refractivity contribution in [1.82, 2.24) is 4.90 Å². The van der Waals surface area contributed by atoms with Crippen molar-refractivity contribution in [2.45, 2.75) is 66.7 Å². The van der Waals surface area contributed by atoms with Crippen LogP contribution in [0.3, 0.4) is 0 Å². The third-order valence-electron chi connectivity index (χ3n) is 4.93. The Balaban J connectivity index is 2.54. The molecule has 0 aromatic carbocycles. The molecule has 1 heterocycles. The maximum atomic E-state index is 12.6. The molecule has 3 atom stereocenters. The summed E-state index contributed by atoms with van der Waals surface area (Å²) in [5.41, 5.74) is 0. The lowest BCUT2D eigenvalue weighted by molar-refractivity contribution is -0.136. The van der Waals surface area contributed by atoms with E-state index in [9.17, 15) is 4.79 Å². The zero-order chi connectivity index (χ0) is 14.4. The van der Waals surface area contributed by atoms with Gasteiger partial charge in [0, 0.05) is 19.0 Å². The van der Waals surface area contributed by atoms with Gasteiger partial charge in [0.05, 0.1) is 0 Å². The van der Waals surface area contributed by atoms with Crippen LogP contribution in [0.2, 0.25) is 0 Å². The standard InChI is InChI=1S/C17H33NO/c1-6-16(8-7-13(2)3)17(19)18-11-9-14(4)15(5)10-12-18/h13-16H,6-12H2,1-5H3. The summed E-state index contributed by atoms with van der Waals surface area (Å²) in [5.74, 6) is 2.89. The molecule has 1 amide bonds. The first-order valence-corrected chi connectivity index (χ1v) is 8.24. The van der Waals surface area contributed by atoms with Gasteiger partial charge in [0.25, 0.3) is 0 Å². The first kappa shape index (κ1) is 16.5. The minimum Gasteiger partial charge on any atom is -0.342 e. The van der Waals surface area contributed by atoms with E-state index in [4.69, 9.17) is 0 Å². The summed E-state index contributed by atoms with van der Waals surface area (Å²) in [6.45, 7) is 13.2. The Bertz CT molecular complexity index is 262. The highest BCUT2D eigenvalue weighted by molar-refractivity contribution is 5.78. The molecule has 2 nitrogen and oxygen atoms in total. The van der Waals surface area contributed by atoms with Gasteiger partial charge in [0.15, 0.2) is 0 Å². The van der Waals surface area contributed by atoms with E-state index in [-0.39, 0.29) is 5.92 Å². The molecule has 1 aliphatic heterocycles. The van der Waals surface area contributed by atoms with Crippen LogP contribution in [0.25, 0.3) is 0 Å². The molecule has 2 heteroatoms. The predicted octanol–water partition coefficient (Wildman–Crippen LogP) is 4.34. The molecule has 19 heavy (non-hydrogen) atoms. The van der Waals surface area contributed by atoms with Crippen molar-refractivity contribution < 1.29 is 4.79 Å². The number of carbonyl (C=O) groups excluding carboxylic acids is 1. The quantitative estimate of drug-likeness (QED) is 0.725. The molecule has 112 valence electrons. The summed E-state index contributed by atoms with van der Waals surface area (Å²) >= 11 is 0. The SMILES string of the molecule is CCC(CCC(C)C)C(=O)N1CCC(C)C(C)CC1. The van der Waals surface area contributed by atoms with E-state index in [1.807, 2.05) is 0 Å². The van der Waals surface area contributed by atoms with E-state index >= 15 is 0 Å². The molecule has 3 unspecified atom stereocenters. The maximum Gasteiger partial charge on any atom is 0.225 e. The van der Waals surface area contributed by atoms with Crippen molar-refractivity contribution >= 4 is 5.91 Å². The lowest BCUT2D eigenvalue weighted by Gasteiger charge is -2.26. The zero-order valence-electron chi connectivity index (χ0n) is 13.6. The van der Waals surface area contributed by atoms with Crippen molar-refractivity contribution in [1.29, 1.82) is 0 Å². The Morgan fingerprint density at radius 3 is 2.05 bits per heavy atom. The largest absolute Gasteiger partial charge is 0.342 e. The summed E-state index contributed by atoms with van der Waals surface area (Å²) in [5, 5.41) is 0. The van der Waals surface area contributed by atoms with E-state index < -0.39 is 0 Å². The molecule has 0 aromatic rings. The topological polar surface area (TPSA) is 20.3 Å². The minimum absolute atomic E-state index is 0.256. The molecule has 0 aliphatic carbocycles. The Morgan fingerprint density at radius 2 is 1.63 bits per heavy atom. The van der Waals surface area contributed by atoms with Crippen molar-refractivity contribution in [2.24, 2.45) is 23.7 Å². The predicted molar refractivity (Wildman–Crippen MR) is 82.0 cm³/mol. The van der Waals surface area contributed by atoms with Gasteiger partial charge < -0.3 is 4.90 Å². The maximum absolute atomic E-state index is 12.6. The number of amides is 1. The van der Waals surface area contributed by atoms with Crippen LogP contribution in [0.4, 0.5) is 0 Å². The Kier molecular flexibility index (Phi) is 6.88. The number of carbonyl (C=O) groups is 1. The second-order valence-corrected chi connectivity index (χ2v) is 6.93. The average molecular weight is 267 g/mol. The highest BCUT2D eigenvalue weighted by Crippen LogP contribution is 2.25. The van der Waals surface area contributed by atoms with Gasteiger partial charge in [-0.3, -0.25) is 4.79 Å². The molecule has 0 spiro atoms. The number of hydrogen-bond acceptors (Lipinski definition) is 1. The van der Waals surface area contributed by atoms with E-state index in [0.717, 1.165) is 37.8 Å². The third-order valence-corrected chi connectivity index (χ3v) is 4.93. The zero-order valence-corrected chi connectivity index (χ0v) is 13.6. The van der Waals surface area contributed by atoms with Crippen molar-refractivity contribution in [3.8, 4) is 0 Å². The molecule has 0 bridgehead atoms. The molecule has 1 aliphatic rings. The smallest absolute Gasteiger partial charge is 0.225 e. The first-order chi connectivity index (χ1) is 8.95. The van der Waals surface area contributed by atoms with Crippen LogP contribution in [-0.2, 0) is 4.79 Å². The Labute approximate surface area is 119 Å². The molecule has 0 N–H and O–H groups in total. The molecule has 0 radical (unpaired) electrons. The van der Waals surface area contributed by atoms with Crippen LogP contribution < -0.4 is 0 Å². The first-order valence-electron chi connectivity index (χ1n) is 8.24. The summed E-state index contributed by atoms with van der Waals surface area (Å²) < 4.78 is 0. The van der Waals surface area contributed by atoms with Gasteiger partial charge in [-0.2, -0.15) is 0 Å². The van der Waals surface area contributed by atoms with E-state index in [1.54, 1.807) is 0 Å². The lowest BCUT2D eigenvalue weighted by atomic mass is 9.92. The molecule has 0 saturated carbocycles. The van der Waals surface area contributed by atoms with E-state index in [2.05, 4.69) is 39.5 Å². The van der Waals surface area contributed by atoms with Gasteiger partial charge in [-0.25, -0.2) is 0 Å². The van der Waals surface area contributed by atoms with E-state index in [0.29, 0.717) is 11.8 Å². The van der Waals surface area contributed by atoms with Crippen LogP contribution >= 0.6 is 0 Å². The Morgan fingerprint density at radius 1 is 1.11 bits per heavy atom. The summed E-state index contributed by atoms with van der Waals surface area (Å²) in [4.78, 5) is 14.8. The molecule has 1 fully saturated rings. The van der Waals surface area contributed by atoms with Crippen molar-refractivity contribution in [3.63, 3.8) is 0 Å². The normalized spacial score (nSPS) is 26.3. The van der Waals surface area contributed by atoms with Gasteiger partial charge in [0.2, 0.25) is 5.91 Å². The van der Waals surface area contributed by atoms with Crippen LogP contribution in [0.5, 0.6) is 0 Å². The second-order valence-electron chi connectivity index (χ2n) is 6.93. The lowest BCUT2D eigenvalue weighted by Crippen LogP contribution is -2.37. The monoisotopic (exact) mass is 267 g/mol. The average Bonchev–Trinajstić information content (AvgIpc) is 2.53. The summed E-state index contributed by atoms with van der Waals surface area (Å²) in [7, 11) is 0. The van der Waals surface area contributed by atoms with Crippen molar-refractivity contribution in [3.05, 3.63) is 0 Å². The molecular formula is C17H33NO. The minimum atomic E-state index is 0.256. The fourth-order valence-corrected chi connectivity index (χ4v) is 2.92. The Hall–Kier alpha value is -0.530. The molecule has 1 saturated heterocycles. The summed E-state index contributed by atoms with van der Waals surface area (Å²) in [6.07, 6.45) is 5.58. The molecule has 1 rings (SSSR count). The van der Waals surface area contributed by atoms with Gasteiger partial charge in [-0.15, -0.1) is 0 Å². The number of nitrogens with zero attached hydrogens (tertiary/aromatic N) is 1. The second kappa shape index (κ2) is 7.91.